The van der Waals surface area contributed by atoms with Crippen molar-refractivity contribution in [2.45, 2.75) is 32.4 Å². The summed E-state index contributed by atoms with van der Waals surface area (Å²) >= 11 is 0. The van der Waals surface area contributed by atoms with Gasteiger partial charge in [0.05, 0.1) is 25.7 Å². The molecule has 1 fully saturated rings. The Kier molecular flexibility index (Phi) is 4.78. The molecule has 0 atom stereocenters. The first kappa shape index (κ1) is 15.0. The molecule has 110 valence electrons. The number of hydrogen-bond donors (Lipinski definition) is 0. The number of rotatable bonds is 4. The molecule has 0 spiro atoms. The van der Waals surface area contributed by atoms with Gasteiger partial charge in [0.1, 0.15) is 0 Å². The van der Waals surface area contributed by atoms with Crippen molar-refractivity contribution in [3.8, 4) is 0 Å². The molecule has 0 saturated carbocycles. The van der Waals surface area contributed by atoms with Crippen molar-refractivity contribution in [1.82, 2.24) is 4.90 Å². The van der Waals surface area contributed by atoms with Gasteiger partial charge >= 0.3 is 5.97 Å². The van der Waals surface area contributed by atoms with E-state index in [-0.39, 0.29) is 11.6 Å². The SMILES string of the molecule is COC(=O)Cc1ccccc1CN1CCOC(C)(C)C1. The molecule has 1 aromatic carbocycles. The highest BCUT2D eigenvalue weighted by molar-refractivity contribution is 5.72. The van der Waals surface area contributed by atoms with Crippen molar-refractivity contribution in [1.29, 1.82) is 0 Å². The van der Waals surface area contributed by atoms with Crippen molar-refractivity contribution in [2.24, 2.45) is 0 Å². The summed E-state index contributed by atoms with van der Waals surface area (Å²) in [6, 6.07) is 8.06. The normalized spacial score (nSPS) is 18.8. The Hall–Kier alpha value is -1.39. The first-order chi connectivity index (χ1) is 9.50. The van der Waals surface area contributed by atoms with E-state index in [9.17, 15) is 4.79 Å². The number of carbonyl (C=O) groups is 1. The van der Waals surface area contributed by atoms with Crippen LogP contribution in [0.15, 0.2) is 24.3 Å². The summed E-state index contributed by atoms with van der Waals surface area (Å²) in [6.45, 7) is 7.65. The molecule has 4 nitrogen and oxygen atoms in total. The topological polar surface area (TPSA) is 38.8 Å². The highest BCUT2D eigenvalue weighted by Gasteiger charge is 2.27. The zero-order chi connectivity index (χ0) is 14.6. The van der Waals surface area contributed by atoms with E-state index in [1.54, 1.807) is 0 Å². The Morgan fingerprint density at radius 2 is 2.05 bits per heavy atom. The fraction of sp³-hybridized carbons (Fsp3) is 0.562. The summed E-state index contributed by atoms with van der Waals surface area (Å²) in [5.41, 5.74) is 2.13. The molecule has 1 heterocycles. The van der Waals surface area contributed by atoms with Crippen LogP contribution < -0.4 is 0 Å². The van der Waals surface area contributed by atoms with Crippen LogP contribution in [0, 0.1) is 0 Å². The van der Waals surface area contributed by atoms with E-state index < -0.39 is 0 Å². The van der Waals surface area contributed by atoms with Gasteiger partial charge in [-0.1, -0.05) is 24.3 Å². The summed E-state index contributed by atoms with van der Waals surface area (Å²) in [4.78, 5) is 13.8. The largest absolute Gasteiger partial charge is 0.469 e. The molecule has 0 bridgehead atoms. The Morgan fingerprint density at radius 3 is 2.70 bits per heavy atom. The highest BCUT2D eigenvalue weighted by atomic mass is 16.5. The zero-order valence-electron chi connectivity index (χ0n) is 12.5. The van der Waals surface area contributed by atoms with E-state index >= 15 is 0 Å². The van der Waals surface area contributed by atoms with E-state index in [4.69, 9.17) is 9.47 Å². The number of ether oxygens (including phenoxy) is 2. The third kappa shape index (κ3) is 4.05. The Morgan fingerprint density at radius 1 is 1.35 bits per heavy atom. The quantitative estimate of drug-likeness (QED) is 0.789. The molecule has 1 aliphatic rings. The van der Waals surface area contributed by atoms with Crippen LogP contribution in [0.2, 0.25) is 0 Å². The highest BCUT2D eigenvalue weighted by Crippen LogP contribution is 2.20. The summed E-state index contributed by atoms with van der Waals surface area (Å²) < 4.78 is 10.5. The lowest BCUT2D eigenvalue weighted by atomic mass is 10.0. The number of nitrogens with zero attached hydrogens (tertiary/aromatic N) is 1. The minimum atomic E-state index is -0.195. The van der Waals surface area contributed by atoms with Crippen LogP contribution in [0.25, 0.3) is 0 Å². The van der Waals surface area contributed by atoms with Gasteiger partial charge in [-0.25, -0.2) is 0 Å². The van der Waals surface area contributed by atoms with Gasteiger partial charge in [0.2, 0.25) is 0 Å². The minimum absolute atomic E-state index is 0.102. The number of benzene rings is 1. The van der Waals surface area contributed by atoms with Gasteiger partial charge in [-0.2, -0.15) is 0 Å². The molecular weight excluding hydrogens is 254 g/mol. The summed E-state index contributed by atoms with van der Waals surface area (Å²) in [5.74, 6) is -0.195. The smallest absolute Gasteiger partial charge is 0.309 e. The minimum Gasteiger partial charge on any atom is -0.469 e. The van der Waals surface area contributed by atoms with E-state index in [1.807, 2.05) is 18.2 Å². The Balaban J connectivity index is 2.07. The average molecular weight is 277 g/mol. The fourth-order valence-electron chi connectivity index (χ4n) is 2.60. The van der Waals surface area contributed by atoms with Crippen molar-refractivity contribution in [3.63, 3.8) is 0 Å². The molecule has 0 N–H and O–H groups in total. The van der Waals surface area contributed by atoms with Crippen molar-refractivity contribution in [3.05, 3.63) is 35.4 Å². The maximum absolute atomic E-state index is 11.5. The molecular formula is C16H23NO3. The third-order valence-corrected chi connectivity index (χ3v) is 3.58. The number of methoxy groups -OCH3 is 1. The molecule has 2 rings (SSSR count). The van der Waals surface area contributed by atoms with Crippen LogP contribution in [-0.4, -0.2) is 43.3 Å². The van der Waals surface area contributed by atoms with Crippen LogP contribution in [0.1, 0.15) is 25.0 Å². The molecule has 1 aromatic rings. The maximum atomic E-state index is 11.5. The first-order valence-corrected chi connectivity index (χ1v) is 7.00. The number of carbonyl (C=O) groups excluding carboxylic acids is 1. The second-order valence-electron chi connectivity index (χ2n) is 5.84. The van der Waals surface area contributed by atoms with Gasteiger partial charge in [0, 0.05) is 19.6 Å². The van der Waals surface area contributed by atoms with Gasteiger partial charge in [-0.3, -0.25) is 9.69 Å². The Bertz CT molecular complexity index is 471. The van der Waals surface area contributed by atoms with Crippen molar-refractivity contribution < 1.29 is 14.3 Å². The predicted octanol–water partition coefficient (Wildman–Crippen LogP) is 2.01. The molecule has 0 radical (unpaired) electrons. The van der Waals surface area contributed by atoms with Gasteiger partial charge in [0.25, 0.3) is 0 Å². The molecule has 0 amide bonds. The summed E-state index contributed by atoms with van der Waals surface area (Å²) in [6.07, 6.45) is 0.334. The van der Waals surface area contributed by atoms with Gasteiger partial charge < -0.3 is 9.47 Å². The van der Waals surface area contributed by atoms with Gasteiger partial charge in [0.15, 0.2) is 0 Å². The molecule has 4 heteroatoms. The molecule has 0 aliphatic carbocycles. The number of esters is 1. The summed E-state index contributed by atoms with van der Waals surface area (Å²) in [5, 5.41) is 0. The van der Waals surface area contributed by atoms with Crippen LogP contribution in [0.4, 0.5) is 0 Å². The van der Waals surface area contributed by atoms with Crippen LogP contribution in [0.3, 0.4) is 0 Å². The number of hydrogen-bond acceptors (Lipinski definition) is 4. The van der Waals surface area contributed by atoms with Crippen molar-refractivity contribution >= 4 is 5.97 Å². The van der Waals surface area contributed by atoms with E-state index in [1.165, 1.54) is 12.7 Å². The van der Waals surface area contributed by atoms with E-state index in [2.05, 4.69) is 24.8 Å². The molecule has 20 heavy (non-hydrogen) atoms. The van der Waals surface area contributed by atoms with Crippen LogP contribution in [-0.2, 0) is 27.2 Å². The lowest BCUT2D eigenvalue weighted by molar-refractivity contribution is -0.139. The molecule has 0 unspecified atom stereocenters. The maximum Gasteiger partial charge on any atom is 0.309 e. The second kappa shape index (κ2) is 6.37. The monoisotopic (exact) mass is 277 g/mol. The fourth-order valence-corrected chi connectivity index (χ4v) is 2.60. The predicted molar refractivity (Wildman–Crippen MR) is 77.5 cm³/mol. The first-order valence-electron chi connectivity index (χ1n) is 7.00. The van der Waals surface area contributed by atoms with Gasteiger partial charge in [-0.15, -0.1) is 0 Å². The van der Waals surface area contributed by atoms with Gasteiger partial charge in [-0.05, 0) is 25.0 Å². The number of morpholine rings is 1. The third-order valence-electron chi connectivity index (χ3n) is 3.58. The Labute approximate surface area is 120 Å². The van der Waals surface area contributed by atoms with Crippen molar-refractivity contribution in [2.75, 3.05) is 26.8 Å². The van der Waals surface area contributed by atoms with E-state index in [0.29, 0.717) is 6.42 Å². The van der Waals surface area contributed by atoms with E-state index in [0.717, 1.165) is 31.8 Å². The molecule has 1 aliphatic heterocycles. The lowest BCUT2D eigenvalue weighted by Gasteiger charge is -2.38. The van der Waals surface area contributed by atoms with Crippen LogP contribution >= 0.6 is 0 Å². The zero-order valence-corrected chi connectivity index (χ0v) is 12.5. The summed E-state index contributed by atoms with van der Waals surface area (Å²) in [7, 11) is 1.43. The lowest BCUT2D eigenvalue weighted by Crippen LogP contribution is -2.47. The second-order valence-corrected chi connectivity index (χ2v) is 5.84. The molecule has 1 saturated heterocycles. The molecule has 0 aromatic heterocycles. The standard InChI is InChI=1S/C16H23NO3/c1-16(2)12-17(8-9-20-16)11-14-7-5-4-6-13(14)10-15(18)19-3/h4-7H,8-12H2,1-3H3. The van der Waals surface area contributed by atoms with Crippen LogP contribution in [0.5, 0.6) is 0 Å². The average Bonchev–Trinajstić information content (AvgIpc) is 2.39.